The number of carbonyl (C=O) groups is 2. The van der Waals surface area contributed by atoms with Crippen LogP contribution in [-0.2, 0) is 9.47 Å². The summed E-state index contributed by atoms with van der Waals surface area (Å²) in [5, 5.41) is 0. The lowest BCUT2D eigenvalue weighted by atomic mass is 9.94. The third kappa shape index (κ3) is 3.12. The Hall–Kier alpha value is -1.46. The van der Waals surface area contributed by atoms with Gasteiger partial charge in [-0.1, -0.05) is 0 Å². The van der Waals surface area contributed by atoms with Crippen molar-refractivity contribution < 1.29 is 19.1 Å². The highest BCUT2D eigenvalue weighted by Gasteiger charge is 2.30. The molecule has 0 radical (unpaired) electrons. The van der Waals surface area contributed by atoms with Gasteiger partial charge in [0, 0.05) is 0 Å². The van der Waals surface area contributed by atoms with Crippen molar-refractivity contribution in [2.75, 3.05) is 0 Å². The molecule has 6 heteroatoms. The Bertz CT molecular complexity index is 207. The molecule has 1 aliphatic carbocycles. The lowest BCUT2D eigenvalue weighted by Crippen LogP contribution is -2.40. The van der Waals surface area contributed by atoms with Crippen LogP contribution in [0, 0.1) is 0 Å². The largest absolute Gasteiger partial charge is 0.442 e. The molecule has 2 unspecified atom stereocenters. The third-order valence-electron chi connectivity index (χ3n) is 2.18. The summed E-state index contributed by atoms with van der Waals surface area (Å²) in [6, 6.07) is 0. The zero-order valence-electron chi connectivity index (χ0n) is 7.77. The van der Waals surface area contributed by atoms with Crippen molar-refractivity contribution in [2.45, 2.75) is 37.9 Å². The summed E-state index contributed by atoms with van der Waals surface area (Å²) in [6.45, 7) is 0. The number of ether oxygens (including phenoxy) is 2. The number of hydrogen-bond acceptors (Lipinski definition) is 4. The summed E-state index contributed by atoms with van der Waals surface area (Å²) in [7, 11) is 0. The number of carbonyl (C=O) groups excluding carboxylic acids is 2. The number of amides is 2. The Morgan fingerprint density at radius 2 is 1.29 bits per heavy atom. The average Bonchev–Trinajstić information content (AvgIpc) is 2.06. The predicted octanol–water partition coefficient (Wildman–Crippen LogP) is 0.488. The van der Waals surface area contributed by atoms with Crippen LogP contribution in [-0.4, -0.2) is 24.4 Å². The zero-order chi connectivity index (χ0) is 10.6. The molecule has 4 N–H and O–H groups in total. The van der Waals surface area contributed by atoms with Crippen LogP contribution in [0.4, 0.5) is 9.59 Å². The molecule has 80 valence electrons. The van der Waals surface area contributed by atoms with Gasteiger partial charge in [-0.3, -0.25) is 0 Å². The second kappa shape index (κ2) is 4.69. The van der Waals surface area contributed by atoms with E-state index in [1.807, 2.05) is 0 Å². The monoisotopic (exact) mass is 202 g/mol. The van der Waals surface area contributed by atoms with Gasteiger partial charge in [-0.05, 0) is 25.7 Å². The maximum atomic E-state index is 10.5. The van der Waals surface area contributed by atoms with Crippen molar-refractivity contribution in [3.63, 3.8) is 0 Å². The van der Waals surface area contributed by atoms with E-state index in [2.05, 4.69) is 0 Å². The SMILES string of the molecule is NC(=O)OC1CCCCC1OC(N)=O. The van der Waals surface area contributed by atoms with E-state index in [4.69, 9.17) is 20.9 Å². The van der Waals surface area contributed by atoms with Crippen molar-refractivity contribution in [2.24, 2.45) is 11.5 Å². The minimum atomic E-state index is -0.852. The van der Waals surface area contributed by atoms with E-state index in [1.54, 1.807) is 0 Å². The van der Waals surface area contributed by atoms with Gasteiger partial charge in [-0.25, -0.2) is 9.59 Å². The molecule has 0 aliphatic heterocycles. The van der Waals surface area contributed by atoms with Crippen molar-refractivity contribution in [3.8, 4) is 0 Å². The molecule has 2 amide bonds. The molecule has 0 spiro atoms. The maximum Gasteiger partial charge on any atom is 0.404 e. The fraction of sp³-hybridized carbons (Fsp3) is 0.750. The lowest BCUT2D eigenvalue weighted by molar-refractivity contribution is -0.0256. The molecule has 1 fully saturated rings. The standard InChI is InChI=1S/C8H14N2O4/c9-7(11)13-5-3-1-2-4-6(5)14-8(10)12/h5-6H,1-4H2,(H2,9,11)(H2,10,12). The van der Waals surface area contributed by atoms with E-state index in [0.29, 0.717) is 12.8 Å². The van der Waals surface area contributed by atoms with Gasteiger partial charge < -0.3 is 20.9 Å². The summed E-state index contributed by atoms with van der Waals surface area (Å²) in [5.74, 6) is 0. The van der Waals surface area contributed by atoms with Gasteiger partial charge in [0.25, 0.3) is 0 Å². The molecule has 1 saturated carbocycles. The zero-order valence-corrected chi connectivity index (χ0v) is 7.77. The highest BCUT2D eigenvalue weighted by atomic mass is 16.6. The average molecular weight is 202 g/mol. The van der Waals surface area contributed by atoms with Crippen LogP contribution in [0.5, 0.6) is 0 Å². The van der Waals surface area contributed by atoms with Gasteiger partial charge in [-0.15, -0.1) is 0 Å². The smallest absolute Gasteiger partial charge is 0.404 e. The summed E-state index contributed by atoms with van der Waals surface area (Å²) >= 11 is 0. The van der Waals surface area contributed by atoms with E-state index in [0.717, 1.165) is 12.8 Å². The summed E-state index contributed by atoms with van der Waals surface area (Å²) in [5.41, 5.74) is 9.77. The Morgan fingerprint density at radius 1 is 0.929 bits per heavy atom. The van der Waals surface area contributed by atoms with Crippen LogP contribution in [0.25, 0.3) is 0 Å². The third-order valence-corrected chi connectivity index (χ3v) is 2.18. The number of rotatable bonds is 2. The molecule has 0 heterocycles. The molecule has 6 nitrogen and oxygen atoms in total. The summed E-state index contributed by atoms with van der Waals surface area (Å²) < 4.78 is 9.62. The summed E-state index contributed by atoms with van der Waals surface area (Å²) in [4.78, 5) is 21.1. The van der Waals surface area contributed by atoms with Crippen molar-refractivity contribution in [3.05, 3.63) is 0 Å². The molecule has 0 aromatic rings. The Morgan fingerprint density at radius 3 is 1.57 bits per heavy atom. The van der Waals surface area contributed by atoms with Crippen molar-refractivity contribution >= 4 is 12.2 Å². The molecule has 0 bridgehead atoms. The highest BCUT2D eigenvalue weighted by Crippen LogP contribution is 2.23. The maximum absolute atomic E-state index is 10.5. The number of nitrogens with two attached hydrogens (primary N) is 2. The molecule has 14 heavy (non-hydrogen) atoms. The normalized spacial score (nSPS) is 26.6. The molecule has 0 aromatic heterocycles. The lowest BCUT2D eigenvalue weighted by Gasteiger charge is -2.29. The molecule has 0 aromatic carbocycles. The molecule has 2 atom stereocenters. The molecule has 1 aliphatic rings. The van der Waals surface area contributed by atoms with Crippen molar-refractivity contribution in [1.29, 1.82) is 0 Å². The minimum absolute atomic E-state index is 0.450. The first-order valence-corrected chi connectivity index (χ1v) is 4.52. The first-order valence-electron chi connectivity index (χ1n) is 4.52. The molecular formula is C8H14N2O4. The summed E-state index contributed by atoms with van der Waals surface area (Å²) in [6.07, 6.45) is 0.557. The Labute approximate surface area is 81.5 Å². The predicted molar refractivity (Wildman–Crippen MR) is 47.4 cm³/mol. The van der Waals surface area contributed by atoms with Gasteiger partial charge in [0.15, 0.2) is 0 Å². The van der Waals surface area contributed by atoms with Crippen LogP contribution in [0.3, 0.4) is 0 Å². The van der Waals surface area contributed by atoms with Gasteiger partial charge in [0.05, 0.1) is 0 Å². The van der Waals surface area contributed by atoms with Gasteiger partial charge in [-0.2, -0.15) is 0 Å². The molecule has 1 rings (SSSR count). The van der Waals surface area contributed by atoms with Crippen LogP contribution in [0.15, 0.2) is 0 Å². The fourth-order valence-corrected chi connectivity index (χ4v) is 1.63. The van der Waals surface area contributed by atoms with E-state index in [9.17, 15) is 9.59 Å². The van der Waals surface area contributed by atoms with Gasteiger partial charge >= 0.3 is 12.2 Å². The quantitative estimate of drug-likeness (QED) is 0.679. The fourth-order valence-electron chi connectivity index (χ4n) is 1.63. The minimum Gasteiger partial charge on any atom is -0.442 e. The van der Waals surface area contributed by atoms with Crippen LogP contribution >= 0.6 is 0 Å². The molecular weight excluding hydrogens is 188 g/mol. The second-order valence-electron chi connectivity index (χ2n) is 3.24. The molecule has 0 saturated heterocycles. The number of hydrogen-bond donors (Lipinski definition) is 2. The highest BCUT2D eigenvalue weighted by molar-refractivity contribution is 5.66. The topological polar surface area (TPSA) is 105 Å². The van der Waals surface area contributed by atoms with Crippen molar-refractivity contribution in [1.82, 2.24) is 0 Å². The van der Waals surface area contributed by atoms with E-state index in [-0.39, 0.29) is 0 Å². The first-order chi connectivity index (χ1) is 6.59. The van der Waals surface area contributed by atoms with E-state index >= 15 is 0 Å². The van der Waals surface area contributed by atoms with E-state index in [1.165, 1.54) is 0 Å². The van der Waals surface area contributed by atoms with Crippen LogP contribution < -0.4 is 11.5 Å². The second-order valence-corrected chi connectivity index (χ2v) is 3.24. The van der Waals surface area contributed by atoms with Gasteiger partial charge in [0.2, 0.25) is 0 Å². The first kappa shape index (κ1) is 10.6. The Kier molecular flexibility index (Phi) is 3.55. The van der Waals surface area contributed by atoms with Gasteiger partial charge in [0.1, 0.15) is 12.2 Å². The van der Waals surface area contributed by atoms with E-state index < -0.39 is 24.4 Å². The number of primary amides is 2. The van der Waals surface area contributed by atoms with Crippen LogP contribution in [0.2, 0.25) is 0 Å². The van der Waals surface area contributed by atoms with Crippen LogP contribution in [0.1, 0.15) is 25.7 Å². The Balaban J connectivity index is 2.49.